The highest BCUT2D eigenvalue weighted by molar-refractivity contribution is 7.89. The number of aliphatic hydroxyl groups is 1. The molecular weight excluding hydrogens is 340 g/mol. The van der Waals surface area contributed by atoms with Gasteiger partial charge < -0.3 is 10.0 Å². The molecule has 2 fully saturated rings. The third-order valence-corrected chi connectivity index (χ3v) is 6.70. The SMILES string of the molecule is CCCC1(CO)CCCN1C(=O)c1ccc(S(=O)(=O)NC2CC2)cc1. The van der Waals surface area contributed by atoms with E-state index < -0.39 is 15.6 Å². The average molecular weight is 366 g/mol. The fourth-order valence-electron chi connectivity index (χ4n) is 3.65. The Labute approximate surface area is 149 Å². The van der Waals surface area contributed by atoms with Crippen molar-refractivity contribution in [2.75, 3.05) is 13.2 Å². The third kappa shape index (κ3) is 3.73. The summed E-state index contributed by atoms with van der Waals surface area (Å²) in [6.07, 6.45) is 5.11. The molecule has 6 nitrogen and oxygen atoms in total. The van der Waals surface area contributed by atoms with Gasteiger partial charge in [0.15, 0.2) is 0 Å². The van der Waals surface area contributed by atoms with E-state index in [1.807, 2.05) is 6.92 Å². The van der Waals surface area contributed by atoms with Crippen molar-refractivity contribution in [3.63, 3.8) is 0 Å². The van der Waals surface area contributed by atoms with Crippen molar-refractivity contribution in [3.05, 3.63) is 29.8 Å². The van der Waals surface area contributed by atoms with E-state index in [2.05, 4.69) is 4.72 Å². The molecule has 1 saturated heterocycles. The summed E-state index contributed by atoms with van der Waals surface area (Å²) in [5.74, 6) is -0.140. The summed E-state index contributed by atoms with van der Waals surface area (Å²) in [6, 6.07) is 6.14. The molecule has 1 aliphatic carbocycles. The summed E-state index contributed by atoms with van der Waals surface area (Å²) >= 11 is 0. The number of nitrogens with zero attached hydrogens (tertiary/aromatic N) is 1. The first kappa shape index (κ1) is 18.4. The van der Waals surface area contributed by atoms with Crippen LogP contribution in [0, 0.1) is 0 Å². The van der Waals surface area contributed by atoms with Gasteiger partial charge in [-0.05, 0) is 56.4 Å². The minimum absolute atomic E-state index is 0.0373. The zero-order valence-corrected chi connectivity index (χ0v) is 15.4. The number of aliphatic hydroxyl groups excluding tert-OH is 1. The monoisotopic (exact) mass is 366 g/mol. The molecule has 7 heteroatoms. The third-order valence-electron chi connectivity index (χ3n) is 5.16. The molecule has 0 spiro atoms. The van der Waals surface area contributed by atoms with Gasteiger partial charge in [0, 0.05) is 18.2 Å². The lowest BCUT2D eigenvalue weighted by molar-refractivity contribution is 0.0377. The molecule has 1 aromatic rings. The van der Waals surface area contributed by atoms with Crippen LogP contribution >= 0.6 is 0 Å². The Morgan fingerprint density at radius 3 is 2.56 bits per heavy atom. The van der Waals surface area contributed by atoms with Gasteiger partial charge >= 0.3 is 0 Å². The number of sulfonamides is 1. The molecule has 138 valence electrons. The summed E-state index contributed by atoms with van der Waals surface area (Å²) in [5, 5.41) is 9.87. The highest BCUT2D eigenvalue weighted by Gasteiger charge is 2.42. The molecule has 2 N–H and O–H groups in total. The second-order valence-corrected chi connectivity index (χ2v) is 8.83. The molecule has 1 amide bonds. The van der Waals surface area contributed by atoms with Crippen molar-refractivity contribution in [3.8, 4) is 0 Å². The lowest BCUT2D eigenvalue weighted by atomic mass is 9.91. The van der Waals surface area contributed by atoms with Crippen molar-refractivity contribution in [1.29, 1.82) is 0 Å². The van der Waals surface area contributed by atoms with Crippen LogP contribution in [0.15, 0.2) is 29.2 Å². The largest absolute Gasteiger partial charge is 0.394 e. The van der Waals surface area contributed by atoms with Gasteiger partial charge in [0.05, 0.1) is 17.0 Å². The lowest BCUT2D eigenvalue weighted by Gasteiger charge is -2.37. The summed E-state index contributed by atoms with van der Waals surface area (Å²) in [6.45, 7) is 2.64. The van der Waals surface area contributed by atoms with Gasteiger partial charge in [0.25, 0.3) is 5.91 Å². The summed E-state index contributed by atoms with van der Waals surface area (Å²) in [5.41, 5.74) is -0.0226. The van der Waals surface area contributed by atoms with Crippen LogP contribution in [0.25, 0.3) is 0 Å². The highest BCUT2D eigenvalue weighted by atomic mass is 32.2. The van der Waals surface area contributed by atoms with Gasteiger partial charge in [-0.25, -0.2) is 13.1 Å². The second-order valence-electron chi connectivity index (χ2n) is 7.11. The van der Waals surface area contributed by atoms with Crippen molar-refractivity contribution < 1.29 is 18.3 Å². The topological polar surface area (TPSA) is 86.7 Å². The number of hydrogen-bond acceptors (Lipinski definition) is 4. The predicted molar refractivity (Wildman–Crippen MR) is 94.8 cm³/mol. The van der Waals surface area contributed by atoms with Crippen LogP contribution in [0.2, 0.25) is 0 Å². The van der Waals surface area contributed by atoms with Gasteiger partial charge in [-0.2, -0.15) is 0 Å². The minimum atomic E-state index is -3.51. The van der Waals surface area contributed by atoms with E-state index >= 15 is 0 Å². The van der Waals surface area contributed by atoms with Gasteiger partial charge in [0.1, 0.15) is 0 Å². The number of benzene rings is 1. The van der Waals surface area contributed by atoms with Gasteiger partial charge in [-0.1, -0.05) is 13.3 Å². The maximum atomic E-state index is 12.9. The van der Waals surface area contributed by atoms with Crippen molar-refractivity contribution in [1.82, 2.24) is 9.62 Å². The number of rotatable bonds is 7. The molecule has 1 aromatic carbocycles. The van der Waals surface area contributed by atoms with Crippen LogP contribution in [0.5, 0.6) is 0 Å². The zero-order valence-electron chi connectivity index (χ0n) is 14.6. The van der Waals surface area contributed by atoms with E-state index in [1.165, 1.54) is 12.1 Å². The van der Waals surface area contributed by atoms with Gasteiger partial charge in [-0.15, -0.1) is 0 Å². The quantitative estimate of drug-likeness (QED) is 0.772. The molecule has 0 bridgehead atoms. The number of carbonyl (C=O) groups excluding carboxylic acids is 1. The molecule has 2 aliphatic rings. The fraction of sp³-hybridized carbons (Fsp3) is 0.611. The first-order valence-electron chi connectivity index (χ1n) is 8.97. The van der Waals surface area contributed by atoms with Crippen LogP contribution in [0.3, 0.4) is 0 Å². The number of amides is 1. The zero-order chi connectivity index (χ0) is 18.1. The lowest BCUT2D eigenvalue weighted by Crippen LogP contribution is -2.50. The standard InChI is InChI=1S/C18H26N2O4S/c1-2-10-18(13-21)11-3-12-20(18)17(22)14-4-8-16(9-5-14)25(23,24)19-15-6-7-15/h4-5,8-9,15,19,21H,2-3,6-7,10-13H2,1H3. The maximum absolute atomic E-state index is 12.9. The maximum Gasteiger partial charge on any atom is 0.254 e. The Bertz CT molecular complexity index is 728. The first-order chi connectivity index (χ1) is 11.9. The Balaban J connectivity index is 1.78. The molecule has 25 heavy (non-hydrogen) atoms. The Kier molecular flexibility index (Phi) is 5.18. The van der Waals surface area contributed by atoms with Crippen molar-refractivity contribution >= 4 is 15.9 Å². The summed E-state index contributed by atoms with van der Waals surface area (Å²) < 4.78 is 27.1. The number of hydrogen-bond donors (Lipinski definition) is 2. The minimum Gasteiger partial charge on any atom is -0.394 e. The van der Waals surface area contributed by atoms with Crippen LogP contribution in [0.1, 0.15) is 55.8 Å². The molecule has 0 aromatic heterocycles. The van der Waals surface area contributed by atoms with Crippen LogP contribution in [-0.2, 0) is 10.0 Å². The smallest absolute Gasteiger partial charge is 0.254 e. The van der Waals surface area contributed by atoms with Crippen LogP contribution < -0.4 is 4.72 Å². The molecule has 1 saturated carbocycles. The van der Waals surface area contributed by atoms with Crippen molar-refractivity contribution in [2.45, 2.75) is 61.9 Å². The molecule has 1 heterocycles. The second kappa shape index (κ2) is 7.05. The Hall–Kier alpha value is -1.44. The number of likely N-dealkylation sites (tertiary alicyclic amines) is 1. The molecular formula is C18H26N2O4S. The average Bonchev–Trinajstić information content (AvgIpc) is 3.31. The first-order valence-corrected chi connectivity index (χ1v) is 10.5. The molecule has 3 rings (SSSR count). The highest BCUT2D eigenvalue weighted by Crippen LogP contribution is 2.34. The van der Waals surface area contributed by atoms with E-state index in [1.54, 1.807) is 17.0 Å². The van der Waals surface area contributed by atoms with Gasteiger partial charge in [-0.3, -0.25) is 4.79 Å². The van der Waals surface area contributed by atoms with E-state index in [9.17, 15) is 18.3 Å². The van der Waals surface area contributed by atoms with E-state index in [4.69, 9.17) is 0 Å². The molecule has 1 aliphatic heterocycles. The van der Waals surface area contributed by atoms with Crippen LogP contribution in [-0.4, -0.2) is 49.1 Å². The molecule has 1 unspecified atom stereocenters. The number of nitrogens with one attached hydrogen (secondary N) is 1. The Morgan fingerprint density at radius 1 is 1.32 bits per heavy atom. The summed E-state index contributed by atoms with van der Waals surface area (Å²) in [4.78, 5) is 14.8. The van der Waals surface area contributed by atoms with Crippen molar-refractivity contribution in [2.24, 2.45) is 0 Å². The van der Waals surface area contributed by atoms with E-state index in [0.717, 1.165) is 38.5 Å². The summed E-state index contributed by atoms with van der Waals surface area (Å²) in [7, 11) is -3.51. The van der Waals surface area contributed by atoms with E-state index in [-0.39, 0.29) is 23.5 Å². The fourth-order valence-corrected chi connectivity index (χ4v) is 4.95. The predicted octanol–water partition coefficient (Wildman–Crippen LogP) is 1.89. The number of carbonyl (C=O) groups is 1. The van der Waals surface area contributed by atoms with E-state index in [0.29, 0.717) is 12.1 Å². The van der Waals surface area contributed by atoms with Crippen LogP contribution in [0.4, 0.5) is 0 Å². The Morgan fingerprint density at radius 2 is 2.00 bits per heavy atom. The normalized spacial score (nSPS) is 23.8. The molecule has 1 atom stereocenters. The molecule has 0 radical (unpaired) electrons. The van der Waals surface area contributed by atoms with Gasteiger partial charge in [0.2, 0.25) is 10.0 Å².